The molecule has 3 atom stereocenters. The molecule has 196 valence electrons. The fraction of sp³-hybridized carbons (Fsp3) is 0.565. The summed E-state index contributed by atoms with van der Waals surface area (Å²) in [4.78, 5) is 47.5. The van der Waals surface area contributed by atoms with E-state index in [4.69, 9.17) is 38.9 Å². The zero-order valence-corrected chi connectivity index (χ0v) is 20.7. The first-order valence-corrected chi connectivity index (χ1v) is 11.1. The van der Waals surface area contributed by atoms with E-state index >= 15 is 0 Å². The molecule has 0 fully saturated rings. The van der Waals surface area contributed by atoms with Gasteiger partial charge in [0.25, 0.3) is 0 Å². The highest BCUT2D eigenvalue weighted by molar-refractivity contribution is 5.76. The summed E-state index contributed by atoms with van der Waals surface area (Å²) >= 11 is 0. The Bertz CT molecular complexity index is 871. The van der Waals surface area contributed by atoms with E-state index < -0.39 is 42.7 Å². The van der Waals surface area contributed by atoms with Gasteiger partial charge in [-0.2, -0.15) is 0 Å². The maximum Gasteiger partial charge on any atom is 0.513 e. The fourth-order valence-corrected chi connectivity index (χ4v) is 2.49. The molecular weight excluding hydrogens is 466 g/mol. The lowest BCUT2D eigenvalue weighted by Crippen LogP contribution is -2.39. The largest absolute Gasteiger partial charge is 0.513 e. The first kappa shape index (κ1) is 29.5. The van der Waals surface area contributed by atoms with Gasteiger partial charge in [-0.05, 0) is 65.7 Å². The minimum Gasteiger partial charge on any atom is -0.458 e. The number of hydrogen-bond acceptors (Lipinski definition) is 12. The molecule has 35 heavy (non-hydrogen) atoms. The first-order chi connectivity index (χ1) is 16.5. The van der Waals surface area contributed by atoms with Crippen LogP contribution in [0.5, 0.6) is 11.5 Å². The highest BCUT2D eigenvalue weighted by Crippen LogP contribution is 2.30. The maximum atomic E-state index is 12.4. The Morgan fingerprint density at radius 2 is 1.31 bits per heavy atom. The van der Waals surface area contributed by atoms with Crippen LogP contribution in [0, 0.1) is 0 Å². The normalized spacial score (nSPS) is 13.1. The topological polar surface area (TPSA) is 159 Å². The molecule has 0 aliphatic rings. The first-order valence-electron chi connectivity index (χ1n) is 11.1. The average Bonchev–Trinajstić information content (AvgIpc) is 2.75. The molecule has 0 aliphatic heterocycles. The second-order valence-electron chi connectivity index (χ2n) is 7.54. The zero-order valence-electron chi connectivity index (χ0n) is 20.7. The molecule has 0 aromatic heterocycles. The molecule has 12 heteroatoms. The van der Waals surface area contributed by atoms with Gasteiger partial charge in [-0.1, -0.05) is 6.07 Å². The van der Waals surface area contributed by atoms with Crippen molar-refractivity contribution in [1.82, 2.24) is 0 Å². The zero-order chi connectivity index (χ0) is 26.5. The lowest BCUT2D eigenvalue weighted by molar-refractivity contribution is -0.155. The van der Waals surface area contributed by atoms with Gasteiger partial charge in [0.1, 0.15) is 18.2 Å². The number of hydrogen-bond donors (Lipinski definition) is 1. The summed E-state index contributed by atoms with van der Waals surface area (Å²) < 4.78 is 34.9. The number of benzene rings is 1. The van der Waals surface area contributed by atoms with Gasteiger partial charge < -0.3 is 38.9 Å². The van der Waals surface area contributed by atoms with Crippen molar-refractivity contribution in [1.29, 1.82) is 0 Å². The van der Waals surface area contributed by atoms with Crippen molar-refractivity contribution in [3.63, 3.8) is 0 Å². The van der Waals surface area contributed by atoms with Crippen LogP contribution in [0.4, 0.5) is 14.4 Å². The SMILES string of the molecule is CCOC(=O)Oc1ccc(C[C@H](N)C(=O)O[C@H](C)[C@@H](C)OC(=O)OC(C)C)cc1OC(=O)OCC. The van der Waals surface area contributed by atoms with E-state index in [0.717, 1.165) is 0 Å². The molecule has 0 radical (unpaired) electrons. The van der Waals surface area contributed by atoms with Crippen LogP contribution in [0.2, 0.25) is 0 Å². The van der Waals surface area contributed by atoms with E-state index in [-0.39, 0.29) is 37.2 Å². The van der Waals surface area contributed by atoms with Gasteiger partial charge in [-0.3, -0.25) is 4.79 Å². The predicted molar refractivity (Wildman–Crippen MR) is 121 cm³/mol. The lowest BCUT2D eigenvalue weighted by Gasteiger charge is -2.22. The summed E-state index contributed by atoms with van der Waals surface area (Å²) in [5.41, 5.74) is 6.45. The van der Waals surface area contributed by atoms with Crippen LogP contribution in [0.1, 0.15) is 47.1 Å². The van der Waals surface area contributed by atoms with Crippen molar-refractivity contribution in [2.75, 3.05) is 13.2 Å². The van der Waals surface area contributed by atoms with Gasteiger partial charge in [-0.15, -0.1) is 0 Å². The molecule has 0 saturated heterocycles. The van der Waals surface area contributed by atoms with E-state index in [0.29, 0.717) is 5.56 Å². The van der Waals surface area contributed by atoms with Gasteiger partial charge in [0.2, 0.25) is 0 Å². The lowest BCUT2D eigenvalue weighted by atomic mass is 10.1. The maximum absolute atomic E-state index is 12.4. The van der Waals surface area contributed by atoms with Gasteiger partial charge in [-0.25, -0.2) is 14.4 Å². The standard InChI is InChI=1S/C23H33NO11/c1-7-29-21(26)34-18-10-9-16(12-19(18)35-22(27)30-8-2)11-17(24)20(25)32-14(5)15(6)33-23(28)31-13(3)4/h9-10,12-15,17H,7-8,11,24H2,1-6H3/t14-,15-,17+/m1/s1. The number of nitrogens with two attached hydrogens (primary N) is 1. The number of rotatable bonds is 11. The Hall–Kier alpha value is -3.54. The molecule has 2 N–H and O–H groups in total. The molecule has 1 rings (SSSR count). The van der Waals surface area contributed by atoms with Gasteiger partial charge >= 0.3 is 24.4 Å². The second-order valence-corrected chi connectivity index (χ2v) is 7.54. The monoisotopic (exact) mass is 499 g/mol. The highest BCUT2D eigenvalue weighted by Gasteiger charge is 2.25. The van der Waals surface area contributed by atoms with Crippen LogP contribution >= 0.6 is 0 Å². The quantitative estimate of drug-likeness (QED) is 0.268. The van der Waals surface area contributed by atoms with Gasteiger partial charge in [0.15, 0.2) is 11.5 Å². The molecule has 0 saturated carbocycles. The van der Waals surface area contributed by atoms with Crippen molar-refractivity contribution in [2.24, 2.45) is 5.73 Å². The van der Waals surface area contributed by atoms with Crippen molar-refractivity contribution in [3.8, 4) is 11.5 Å². The summed E-state index contributed by atoms with van der Waals surface area (Å²) in [5.74, 6) is -0.970. The van der Waals surface area contributed by atoms with E-state index in [1.54, 1.807) is 41.5 Å². The van der Waals surface area contributed by atoms with Crippen LogP contribution in [0.15, 0.2) is 18.2 Å². The van der Waals surface area contributed by atoms with Crippen LogP contribution in [-0.4, -0.2) is 62.0 Å². The molecule has 1 aromatic carbocycles. The number of carbonyl (C=O) groups is 4. The molecule has 0 aliphatic carbocycles. The third-order valence-corrected chi connectivity index (χ3v) is 4.25. The average molecular weight is 500 g/mol. The number of carbonyl (C=O) groups excluding carboxylic acids is 4. The van der Waals surface area contributed by atoms with Gasteiger partial charge in [0.05, 0.1) is 19.3 Å². The van der Waals surface area contributed by atoms with E-state index in [9.17, 15) is 19.2 Å². The summed E-state index contributed by atoms with van der Waals surface area (Å²) in [7, 11) is 0. The molecule has 12 nitrogen and oxygen atoms in total. The molecule has 0 unspecified atom stereocenters. The molecule has 0 bridgehead atoms. The van der Waals surface area contributed by atoms with Crippen LogP contribution in [-0.2, 0) is 34.9 Å². The van der Waals surface area contributed by atoms with E-state index in [2.05, 4.69) is 0 Å². The molecule has 0 heterocycles. The van der Waals surface area contributed by atoms with Gasteiger partial charge in [0, 0.05) is 0 Å². The van der Waals surface area contributed by atoms with Crippen molar-refractivity contribution in [3.05, 3.63) is 23.8 Å². The Morgan fingerprint density at radius 1 is 0.771 bits per heavy atom. The fourth-order valence-electron chi connectivity index (χ4n) is 2.49. The molecular formula is C23H33NO11. The summed E-state index contributed by atoms with van der Waals surface area (Å²) in [6.07, 6.45) is -4.81. The van der Waals surface area contributed by atoms with Crippen molar-refractivity contribution < 1.29 is 52.3 Å². The predicted octanol–water partition coefficient (Wildman–Crippen LogP) is 3.51. The summed E-state index contributed by atoms with van der Waals surface area (Å²) in [6.45, 7) is 9.80. The number of esters is 1. The van der Waals surface area contributed by atoms with E-state index in [1.165, 1.54) is 18.2 Å². The highest BCUT2D eigenvalue weighted by atomic mass is 16.7. The minimum absolute atomic E-state index is 0.00491. The van der Waals surface area contributed by atoms with Crippen LogP contribution in [0.25, 0.3) is 0 Å². The Kier molecular flexibility index (Phi) is 12.4. The minimum atomic E-state index is -1.10. The van der Waals surface area contributed by atoms with Crippen LogP contribution in [0.3, 0.4) is 0 Å². The Labute approximate surface area is 203 Å². The molecule has 1 aromatic rings. The smallest absolute Gasteiger partial charge is 0.458 e. The number of ether oxygens (including phenoxy) is 7. The third-order valence-electron chi connectivity index (χ3n) is 4.25. The van der Waals surface area contributed by atoms with Crippen molar-refractivity contribution in [2.45, 2.75) is 72.3 Å². The summed E-state index contributed by atoms with van der Waals surface area (Å²) in [5, 5.41) is 0. The Morgan fingerprint density at radius 3 is 1.86 bits per heavy atom. The summed E-state index contributed by atoms with van der Waals surface area (Å²) in [6, 6.07) is 3.16. The second kappa shape index (κ2) is 14.7. The molecule has 0 spiro atoms. The van der Waals surface area contributed by atoms with Crippen molar-refractivity contribution >= 4 is 24.4 Å². The van der Waals surface area contributed by atoms with Crippen LogP contribution < -0.4 is 15.2 Å². The molecule has 0 amide bonds. The Balaban J connectivity index is 2.85. The van der Waals surface area contributed by atoms with E-state index in [1.807, 2.05) is 0 Å². The third kappa shape index (κ3) is 11.0.